The van der Waals surface area contributed by atoms with Crippen molar-refractivity contribution >= 4 is 17.7 Å². The molecule has 4 bridgehead atoms. The first-order valence-corrected chi connectivity index (χ1v) is 11.2. The van der Waals surface area contributed by atoms with Gasteiger partial charge in [-0.3, -0.25) is 9.59 Å². The molecule has 4 aliphatic carbocycles. The van der Waals surface area contributed by atoms with Crippen molar-refractivity contribution in [1.29, 1.82) is 0 Å². The molecule has 3 saturated carbocycles. The summed E-state index contributed by atoms with van der Waals surface area (Å²) in [4.78, 5) is 38.4. The first kappa shape index (κ1) is 22.8. The first-order chi connectivity index (χ1) is 13.9. The molecule has 30 heavy (non-hydrogen) atoms. The zero-order valence-corrected chi connectivity index (χ0v) is 19.6. The quantitative estimate of drug-likeness (QED) is 0.482. The molecule has 5 heteroatoms. The first-order valence-electron chi connectivity index (χ1n) is 11.2. The third-order valence-electron chi connectivity index (χ3n) is 8.15. The maximum Gasteiger partial charge on any atom is 0.333 e. The molecule has 0 radical (unpaired) electrons. The maximum atomic E-state index is 13.0. The molecule has 0 aromatic carbocycles. The van der Waals surface area contributed by atoms with E-state index in [0.717, 1.165) is 5.57 Å². The van der Waals surface area contributed by atoms with Crippen LogP contribution < -0.4 is 0 Å². The van der Waals surface area contributed by atoms with Crippen molar-refractivity contribution in [1.82, 2.24) is 0 Å². The Morgan fingerprint density at radius 2 is 1.87 bits per heavy atom. The fourth-order valence-corrected chi connectivity index (χ4v) is 6.21. The molecule has 166 valence electrons. The maximum absolute atomic E-state index is 13.0. The van der Waals surface area contributed by atoms with E-state index in [2.05, 4.69) is 20.8 Å². The zero-order valence-electron chi connectivity index (χ0n) is 19.6. The number of carbonyl (C=O) groups excluding carboxylic acids is 3. The molecule has 5 nitrogen and oxygen atoms in total. The zero-order chi connectivity index (χ0) is 22.6. The van der Waals surface area contributed by atoms with Gasteiger partial charge in [0.05, 0.1) is 5.92 Å². The number of hydrogen-bond donors (Lipinski definition) is 0. The van der Waals surface area contributed by atoms with Crippen LogP contribution in [0.1, 0.15) is 68.2 Å². The molecule has 0 heterocycles. The summed E-state index contributed by atoms with van der Waals surface area (Å²) in [5.41, 5.74) is 0.815. The molecule has 4 aliphatic rings. The molecular weight excluding hydrogens is 380 g/mol. The van der Waals surface area contributed by atoms with Crippen LogP contribution in [0.25, 0.3) is 0 Å². The average Bonchev–Trinajstić information content (AvgIpc) is 2.78. The number of esters is 2. The van der Waals surface area contributed by atoms with Gasteiger partial charge >= 0.3 is 11.9 Å². The number of hydrogen-bond acceptors (Lipinski definition) is 5. The third-order valence-corrected chi connectivity index (χ3v) is 8.15. The Labute approximate surface area is 180 Å². The Balaban J connectivity index is 2.05. The molecule has 7 atom stereocenters. The lowest BCUT2D eigenvalue weighted by Gasteiger charge is -2.64. The van der Waals surface area contributed by atoms with E-state index in [-0.39, 0.29) is 40.8 Å². The minimum absolute atomic E-state index is 0.0658. The Morgan fingerprint density at radius 1 is 1.23 bits per heavy atom. The van der Waals surface area contributed by atoms with Crippen molar-refractivity contribution in [2.45, 2.75) is 80.4 Å². The van der Waals surface area contributed by atoms with E-state index in [9.17, 15) is 14.4 Å². The highest BCUT2D eigenvalue weighted by molar-refractivity contribution is 5.96. The minimum Gasteiger partial charge on any atom is -0.458 e. The molecule has 7 unspecified atom stereocenters. The molecule has 4 rings (SSSR count). The Morgan fingerprint density at radius 3 is 2.40 bits per heavy atom. The van der Waals surface area contributed by atoms with Crippen LogP contribution in [0.2, 0.25) is 0 Å². The summed E-state index contributed by atoms with van der Waals surface area (Å²) in [5.74, 6) is -0.573. The predicted molar refractivity (Wildman–Crippen MR) is 114 cm³/mol. The molecule has 0 amide bonds. The van der Waals surface area contributed by atoms with Gasteiger partial charge < -0.3 is 9.47 Å². The highest BCUT2D eigenvalue weighted by Crippen LogP contribution is 2.71. The van der Waals surface area contributed by atoms with Crippen LogP contribution in [-0.2, 0) is 23.9 Å². The summed E-state index contributed by atoms with van der Waals surface area (Å²) in [6.07, 6.45) is 3.53. The Bertz CT molecular complexity index is 819. The van der Waals surface area contributed by atoms with Gasteiger partial charge in [-0.15, -0.1) is 0 Å². The molecule has 0 N–H and O–H groups in total. The summed E-state index contributed by atoms with van der Waals surface area (Å²) in [6.45, 7) is 15.6. The van der Waals surface area contributed by atoms with Crippen LogP contribution in [0, 0.1) is 34.5 Å². The van der Waals surface area contributed by atoms with E-state index >= 15 is 0 Å². The molecule has 0 saturated heterocycles. The van der Waals surface area contributed by atoms with Crippen molar-refractivity contribution in [2.24, 2.45) is 34.5 Å². The van der Waals surface area contributed by atoms with Gasteiger partial charge in [0.15, 0.2) is 5.78 Å². The number of carbonyl (C=O) groups is 3. The number of allylic oxidation sites excluding steroid dienone is 3. The van der Waals surface area contributed by atoms with Crippen molar-refractivity contribution in [3.05, 3.63) is 23.3 Å². The van der Waals surface area contributed by atoms with Gasteiger partial charge in [-0.05, 0) is 56.9 Å². The number of ether oxygens (including phenoxy) is 2. The van der Waals surface area contributed by atoms with Crippen LogP contribution in [0.5, 0.6) is 0 Å². The van der Waals surface area contributed by atoms with Crippen molar-refractivity contribution in [2.75, 3.05) is 0 Å². The van der Waals surface area contributed by atoms with Gasteiger partial charge in [0.1, 0.15) is 12.2 Å². The lowest BCUT2D eigenvalue weighted by molar-refractivity contribution is -0.184. The SMILES string of the molecule is CC=C(C)C(=O)OC1C(OC(=O)C(C)CC)CC2(C)C3C(=O)C=C(C)C2C3C1(C)C. The van der Waals surface area contributed by atoms with E-state index in [0.29, 0.717) is 18.4 Å². The van der Waals surface area contributed by atoms with Crippen LogP contribution >= 0.6 is 0 Å². The van der Waals surface area contributed by atoms with Crippen LogP contribution in [0.3, 0.4) is 0 Å². The molecule has 3 fully saturated rings. The number of rotatable bonds is 5. The van der Waals surface area contributed by atoms with E-state index in [1.54, 1.807) is 26.0 Å². The lowest BCUT2D eigenvalue weighted by atomic mass is 9.38. The second-order valence-corrected chi connectivity index (χ2v) is 10.4. The molecular formula is C25H36O5. The van der Waals surface area contributed by atoms with E-state index in [4.69, 9.17) is 9.47 Å². The average molecular weight is 417 g/mol. The van der Waals surface area contributed by atoms with E-state index in [1.807, 2.05) is 20.8 Å². The monoisotopic (exact) mass is 416 g/mol. The van der Waals surface area contributed by atoms with Crippen molar-refractivity contribution < 1.29 is 23.9 Å². The predicted octanol–water partition coefficient (Wildman–Crippen LogP) is 4.65. The molecule has 0 aromatic heterocycles. The van der Waals surface area contributed by atoms with E-state index < -0.39 is 23.6 Å². The largest absolute Gasteiger partial charge is 0.458 e. The van der Waals surface area contributed by atoms with Gasteiger partial charge in [-0.1, -0.05) is 46.3 Å². The van der Waals surface area contributed by atoms with Crippen molar-refractivity contribution in [3.8, 4) is 0 Å². The molecule has 0 spiro atoms. The highest BCUT2D eigenvalue weighted by atomic mass is 16.6. The summed E-state index contributed by atoms with van der Waals surface area (Å²) in [6, 6.07) is 0. The van der Waals surface area contributed by atoms with Gasteiger partial charge in [0, 0.05) is 16.9 Å². The van der Waals surface area contributed by atoms with Gasteiger partial charge in [0.2, 0.25) is 0 Å². The normalized spacial score (nSPS) is 38.0. The second kappa shape index (κ2) is 7.65. The molecule has 0 aromatic rings. The van der Waals surface area contributed by atoms with E-state index in [1.165, 1.54) is 0 Å². The lowest BCUT2D eigenvalue weighted by Crippen LogP contribution is -2.64. The van der Waals surface area contributed by atoms with Crippen LogP contribution in [-0.4, -0.2) is 29.9 Å². The summed E-state index contributed by atoms with van der Waals surface area (Å²) in [7, 11) is 0. The Kier molecular flexibility index (Phi) is 5.81. The van der Waals surface area contributed by atoms with Gasteiger partial charge in [-0.2, -0.15) is 0 Å². The van der Waals surface area contributed by atoms with Crippen LogP contribution in [0.4, 0.5) is 0 Å². The minimum atomic E-state index is -0.606. The fourth-order valence-electron chi connectivity index (χ4n) is 6.21. The van der Waals surface area contributed by atoms with Gasteiger partial charge in [0.25, 0.3) is 0 Å². The molecule has 0 aliphatic heterocycles. The second-order valence-electron chi connectivity index (χ2n) is 10.4. The summed E-state index contributed by atoms with van der Waals surface area (Å²) < 4.78 is 12.0. The summed E-state index contributed by atoms with van der Waals surface area (Å²) >= 11 is 0. The number of ketones is 1. The summed E-state index contributed by atoms with van der Waals surface area (Å²) in [5, 5.41) is 0. The highest BCUT2D eigenvalue weighted by Gasteiger charge is 2.72. The third kappa shape index (κ3) is 3.25. The van der Waals surface area contributed by atoms with Crippen LogP contribution in [0.15, 0.2) is 23.3 Å². The topological polar surface area (TPSA) is 69.7 Å². The standard InChI is InChI=1S/C25H36O5/c1-9-13(3)22(27)29-17-12-25(8)18-15(5)11-16(26)19(25)20(18)24(6,7)21(17)30-23(28)14(4)10-2/h10-11,13,17-21H,9,12H2,1-8H3. The Hall–Kier alpha value is -1.91. The smallest absolute Gasteiger partial charge is 0.333 e. The van der Waals surface area contributed by atoms with Crippen molar-refractivity contribution in [3.63, 3.8) is 0 Å². The number of fused-ring (bicyclic) bond motifs is 3. The van der Waals surface area contributed by atoms with Gasteiger partial charge in [-0.25, -0.2) is 4.79 Å². The fraction of sp³-hybridized carbons (Fsp3) is 0.720.